The summed E-state index contributed by atoms with van der Waals surface area (Å²) in [6.45, 7) is 6.96. The van der Waals surface area contributed by atoms with E-state index in [-0.39, 0.29) is 6.04 Å². The summed E-state index contributed by atoms with van der Waals surface area (Å²) in [6.07, 6.45) is 9.66. The number of carbonyl (C=O) groups excluding carboxylic acids is 1. The number of hydrogen-bond acceptors (Lipinski definition) is 5. The molecule has 2 atom stereocenters. The van der Waals surface area contributed by atoms with Gasteiger partial charge in [0, 0.05) is 18.5 Å². The summed E-state index contributed by atoms with van der Waals surface area (Å²) in [4.78, 5) is 12.7. The van der Waals surface area contributed by atoms with Crippen molar-refractivity contribution in [2.24, 2.45) is 15.4 Å². The van der Waals surface area contributed by atoms with E-state index in [1.807, 2.05) is 18.9 Å². The van der Waals surface area contributed by atoms with E-state index in [0.29, 0.717) is 17.4 Å². The number of urea groups is 1. The SMILES string of the molecule is CC(C)N1CCC([S-](=O)=NC(=O)NC2(C)C3=C(C=C4CCCC42)CCC3)=N1. The zero-order valence-electron chi connectivity index (χ0n) is 16.5. The smallest absolute Gasteiger partial charge is 0.318 e. The highest BCUT2D eigenvalue weighted by Gasteiger charge is 2.46. The number of carbonyl (C=O) groups is 1. The predicted molar refractivity (Wildman–Crippen MR) is 108 cm³/mol. The first-order chi connectivity index (χ1) is 12.9. The lowest BCUT2D eigenvalue weighted by Gasteiger charge is -2.41. The first kappa shape index (κ1) is 18.7. The molecular weight excluding hydrogens is 360 g/mol. The van der Waals surface area contributed by atoms with Gasteiger partial charge in [-0.25, -0.2) is 9.90 Å². The van der Waals surface area contributed by atoms with Crippen molar-refractivity contribution in [1.82, 2.24) is 10.3 Å². The third-order valence-electron chi connectivity index (χ3n) is 6.47. The Morgan fingerprint density at radius 2 is 2.15 bits per heavy atom. The fraction of sp³-hybridized carbons (Fsp3) is 0.700. The van der Waals surface area contributed by atoms with Crippen molar-refractivity contribution in [3.05, 3.63) is 22.8 Å². The van der Waals surface area contributed by atoms with Gasteiger partial charge < -0.3 is 13.9 Å². The molecule has 6 nitrogen and oxygen atoms in total. The Balaban J connectivity index is 1.54. The Kier molecular flexibility index (Phi) is 4.91. The lowest BCUT2D eigenvalue weighted by molar-refractivity contribution is 0.230. The lowest BCUT2D eigenvalue weighted by atomic mass is 9.71. The number of hydrazone groups is 1. The minimum atomic E-state index is -1.71. The molecule has 0 radical (unpaired) electrons. The normalized spacial score (nSPS) is 31.1. The van der Waals surface area contributed by atoms with Gasteiger partial charge in [0.2, 0.25) is 0 Å². The average molecular weight is 390 g/mol. The molecule has 27 heavy (non-hydrogen) atoms. The van der Waals surface area contributed by atoms with Gasteiger partial charge in [0.05, 0.1) is 5.54 Å². The van der Waals surface area contributed by atoms with Gasteiger partial charge in [-0.1, -0.05) is 11.6 Å². The van der Waals surface area contributed by atoms with Gasteiger partial charge in [-0.3, -0.25) is 5.01 Å². The van der Waals surface area contributed by atoms with Crippen molar-refractivity contribution in [2.75, 3.05) is 6.54 Å². The van der Waals surface area contributed by atoms with E-state index in [1.165, 1.54) is 23.1 Å². The van der Waals surface area contributed by atoms with Crippen LogP contribution in [0.1, 0.15) is 65.7 Å². The standard InChI is InChI=1S/C20H29N4O2S/c1-13(2)24-11-10-18(22-24)27(26)23-19(25)21-20(3)16-8-4-6-14(16)12-15-7-5-9-17(15)20/h12-13,16H,4-11H2,1-3H3,(H,21,25)/q-1. The largest absolute Gasteiger partial charge is 0.438 e. The molecule has 1 aliphatic heterocycles. The van der Waals surface area contributed by atoms with Gasteiger partial charge in [0.15, 0.2) is 0 Å². The van der Waals surface area contributed by atoms with Crippen LogP contribution in [0.15, 0.2) is 32.3 Å². The molecule has 1 saturated carbocycles. The third-order valence-corrected chi connectivity index (χ3v) is 7.50. The molecule has 1 heterocycles. The van der Waals surface area contributed by atoms with Crippen LogP contribution in [-0.2, 0) is 14.8 Å². The number of amides is 2. The van der Waals surface area contributed by atoms with Crippen LogP contribution in [0.4, 0.5) is 4.79 Å². The van der Waals surface area contributed by atoms with Gasteiger partial charge in [0.1, 0.15) is 0 Å². The van der Waals surface area contributed by atoms with Gasteiger partial charge >= 0.3 is 6.03 Å². The van der Waals surface area contributed by atoms with E-state index in [2.05, 4.69) is 27.8 Å². The van der Waals surface area contributed by atoms with Crippen molar-refractivity contribution in [2.45, 2.75) is 77.3 Å². The highest BCUT2D eigenvalue weighted by Crippen LogP contribution is 2.50. The van der Waals surface area contributed by atoms with Crippen molar-refractivity contribution in [3.8, 4) is 0 Å². The summed E-state index contributed by atoms with van der Waals surface area (Å²) in [6, 6.07) is -0.219. The minimum absolute atomic E-state index is 0.259. The van der Waals surface area contributed by atoms with Crippen molar-refractivity contribution in [1.29, 1.82) is 0 Å². The van der Waals surface area contributed by atoms with E-state index in [0.717, 1.165) is 38.6 Å². The van der Waals surface area contributed by atoms with Crippen LogP contribution in [0.2, 0.25) is 0 Å². The van der Waals surface area contributed by atoms with E-state index in [9.17, 15) is 9.00 Å². The van der Waals surface area contributed by atoms with Gasteiger partial charge in [0.25, 0.3) is 0 Å². The summed E-state index contributed by atoms with van der Waals surface area (Å²) in [5.41, 5.74) is 3.84. The van der Waals surface area contributed by atoms with Crippen molar-refractivity contribution in [3.63, 3.8) is 0 Å². The molecule has 1 N–H and O–H groups in total. The minimum Gasteiger partial charge on any atom is -0.438 e. The quantitative estimate of drug-likeness (QED) is 0.718. The second-order valence-corrected chi connectivity index (χ2v) is 9.65. The second-order valence-electron chi connectivity index (χ2n) is 8.49. The molecule has 0 aromatic heterocycles. The highest BCUT2D eigenvalue weighted by atomic mass is 32.2. The van der Waals surface area contributed by atoms with Crippen LogP contribution >= 0.6 is 0 Å². The maximum atomic E-state index is 12.7. The molecule has 0 bridgehead atoms. The number of allylic oxidation sites excluding steroid dienone is 2. The fourth-order valence-electron chi connectivity index (χ4n) is 5.14. The number of nitrogens with one attached hydrogen (secondary N) is 1. The Morgan fingerprint density at radius 1 is 1.33 bits per heavy atom. The molecule has 0 spiro atoms. The van der Waals surface area contributed by atoms with E-state index in [1.54, 1.807) is 0 Å². The van der Waals surface area contributed by atoms with Crippen LogP contribution in [0, 0.1) is 5.92 Å². The zero-order valence-corrected chi connectivity index (χ0v) is 17.3. The molecule has 7 heteroatoms. The maximum Gasteiger partial charge on any atom is 0.318 e. The molecule has 2 unspecified atom stereocenters. The molecule has 0 saturated heterocycles. The Hall–Kier alpha value is -1.63. The van der Waals surface area contributed by atoms with E-state index in [4.69, 9.17) is 0 Å². The number of fused-ring (bicyclic) bond motifs is 1. The molecule has 4 rings (SSSR count). The Labute approximate surface area is 163 Å². The second kappa shape index (κ2) is 7.08. The van der Waals surface area contributed by atoms with Gasteiger partial charge in [-0.15, -0.1) is 10.6 Å². The molecule has 2 amide bonds. The number of nitrogens with zero attached hydrogens (tertiary/aromatic N) is 3. The molecule has 0 aromatic rings. The third kappa shape index (κ3) is 3.35. The van der Waals surface area contributed by atoms with Crippen LogP contribution in [0.25, 0.3) is 0 Å². The molecule has 0 aromatic carbocycles. The van der Waals surface area contributed by atoms with Crippen LogP contribution in [0.3, 0.4) is 0 Å². The zero-order chi connectivity index (χ0) is 19.2. The first-order valence-corrected chi connectivity index (χ1v) is 11.2. The van der Waals surface area contributed by atoms with Crippen LogP contribution < -0.4 is 5.32 Å². The predicted octanol–water partition coefficient (Wildman–Crippen LogP) is 4.25. The number of hydrogen-bond donors (Lipinski definition) is 1. The molecular formula is C20H29N4O2S-. The molecule has 148 valence electrons. The molecule has 1 fully saturated rings. The summed E-state index contributed by atoms with van der Waals surface area (Å²) in [5, 5.41) is 9.92. The fourth-order valence-corrected chi connectivity index (χ4v) is 5.88. The van der Waals surface area contributed by atoms with Crippen LogP contribution in [0.5, 0.6) is 0 Å². The summed E-state index contributed by atoms with van der Waals surface area (Å²) in [7, 11) is -1.71. The number of rotatable bonds is 2. The van der Waals surface area contributed by atoms with E-state index >= 15 is 0 Å². The van der Waals surface area contributed by atoms with Crippen molar-refractivity contribution >= 4 is 21.7 Å². The van der Waals surface area contributed by atoms with Crippen LogP contribution in [-0.4, -0.2) is 34.2 Å². The summed E-state index contributed by atoms with van der Waals surface area (Å²) < 4.78 is 16.5. The summed E-state index contributed by atoms with van der Waals surface area (Å²) >= 11 is 0. The molecule has 3 aliphatic carbocycles. The lowest BCUT2D eigenvalue weighted by Crippen LogP contribution is -2.53. The van der Waals surface area contributed by atoms with Crippen molar-refractivity contribution < 1.29 is 9.00 Å². The monoisotopic (exact) mass is 389 g/mol. The van der Waals surface area contributed by atoms with Gasteiger partial charge in [-0.2, -0.15) is 0 Å². The summed E-state index contributed by atoms with van der Waals surface area (Å²) in [5.74, 6) is 0.349. The Morgan fingerprint density at radius 3 is 2.89 bits per heavy atom. The van der Waals surface area contributed by atoms with E-state index < -0.39 is 22.2 Å². The topological polar surface area (TPSA) is 74.1 Å². The maximum absolute atomic E-state index is 12.7. The Bertz CT molecular complexity index is 835. The molecule has 4 aliphatic rings. The average Bonchev–Trinajstić information content (AvgIpc) is 3.35. The first-order valence-electron chi connectivity index (χ1n) is 10.1. The highest BCUT2D eigenvalue weighted by molar-refractivity contribution is 7.91. The van der Waals surface area contributed by atoms with Gasteiger partial charge in [-0.05, 0) is 81.9 Å².